The third-order valence-electron chi connectivity index (χ3n) is 5.77. The van der Waals surface area contributed by atoms with Gasteiger partial charge in [0.25, 0.3) is 0 Å². The van der Waals surface area contributed by atoms with Crippen LogP contribution in [0, 0.1) is 5.92 Å². The molecule has 2 aromatic rings. The lowest BCUT2D eigenvalue weighted by molar-refractivity contribution is 0.123. The largest absolute Gasteiger partial charge is 0.295 e. The maximum atomic E-state index is 12.9. The van der Waals surface area contributed by atoms with Gasteiger partial charge in [0.05, 0.1) is 10.9 Å². The Morgan fingerprint density at radius 3 is 2.35 bits per heavy atom. The summed E-state index contributed by atoms with van der Waals surface area (Å²) in [6, 6.07) is 17.1. The van der Waals surface area contributed by atoms with Crippen LogP contribution < -0.4 is 4.72 Å². The standard InChI is InChI=1S/C21H26N2O2S/c1-16-11-13-23(14-12-16)21-19-10-6-5-7-17(19)15-20(21)22-26(24,25)18-8-3-2-4-9-18/h2-10,16,20-22H,11-15H2,1H3/t20-,21-/m0/s1. The lowest BCUT2D eigenvalue weighted by Gasteiger charge is -2.38. The van der Waals surface area contributed by atoms with Gasteiger partial charge in [-0.1, -0.05) is 49.4 Å². The summed E-state index contributed by atoms with van der Waals surface area (Å²) in [5.74, 6) is 0.752. The number of nitrogens with one attached hydrogen (secondary N) is 1. The molecule has 0 spiro atoms. The van der Waals surface area contributed by atoms with Gasteiger partial charge in [0.15, 0.2) is 0 Å². The predicted molar refractivity (Wildman–Crippen MR) is 103 cm³/mol. The van der Waals surface area contributed by atoms with Gasteiger partial charge in [0.1, 0.15) is 0 Å². The van der Waals surface area contributed by atoms with E-state index in [1.807, 2.05) is 12.1 Å². The van der Waals surface area contributed by atoms with Crippen LogP contribution in [-0.4, -0.2) is 32.4 Å². The SMILES string of the molecule is CC1CCN([C@H]2c3ccccc3C[C@@H]2NS(=O)(=O)c2ccccc2)CC1. The number of rotatable bonds is 4. The molecule has 4 rings (SSSR count). The molecule has 0 radical (unpaired) electrons. The van der Waals surface area contributed by atoms with E-state index in [1.165, 1.54) is 24.0 Å². The number of likely N-dealkylation sites (tertiary alicyclic amines) is 1. The number of fused-ring (bicyclic) bond motifs is 1. The topological polar surface area (TPSA) is 49.4 Å². The minimum absolute atomic E-state index is 0.119. The van der Waals surface area contributed by atoms with Crippen LogP contribution in [0.4, 0.5) is 0 Å². The molecule has 5 heteroatoms. The molecule has 2 aromatic carbocycles. The van der Waals surface area contributed by atoms with E-state index in [-0.39, 0.29) is 12.1 Å². The van der Waals surface area contributed by atoms with Gasteiger partial charge in [-0.15, -0.1) is 0 Å². The zero-order valence-electron chi connectivity index (χ0n) is 15.1. The lowest BCUT2D eigenvalue weighted by Crippen LogP contribution is -2.46. The van der Waals surface area contributed by atoms with Gasteiger partial charge in [-0.25, -0.2) is 13.1 Å². The first-order valence-electron chi connectivity index (χ1n) is 9.44. The third-order valence-corrected chi connectivity index (χ3v) is 7.27. The Balaban J connectivity index is 1.62. The second-order valence-electron chi connectivity index (χ2n) is 7.61. The summed E-state index contributed by atoms with van der Waals surface area (Å²) in [7, 11) is -3.52. The zero-order valence-corrected chi connectivity index (χ0v) is 16.0. The quantitative estimate of drug-likeness (QED) is 0.898. The van der Waals surface area contributed by atoms with Gasteiger partial charge in [-0.05, 0) is 61.5 Å². The van der Waals surface area contributed by atoms with Crippen molar-refractivity contribution in [2.45, 2.75) is 43.2 Å². The van der Waals surface area contributed by atoms with Crippen LogP contribution in [0.15, 0.2) is 59.5 Å². The fourth-order valence-electron chi connectivity index (χ4n) is 4.30. The van der Waals surface area contributed by atoms with E-state index in [9.17, 15) is 8.42 Å². The Bertz CT molecular complexity index is 859. The van der Waals surface area contributed by atoms with Crippen LogP contribution >= 0.6 is 0 Å². The van der Waals surface area contributed by atoms with Crippen LogP contribution in [0.2, 0.25) is 0 Å². The Kier molecular flexibility index (Phi) is 4.86. The van der Waals surface area contributed by atoms with Crippen molar-refractivity contribution in [1.82, 2.24) is 9.62 Å². The molecule has 0 amide bonds. The Morgan fingerprint density at radius 2 is 1.62 bits per heavy atom. The van der Waals surface area contributed by atoms with Crippen LogP contribution in [0.25, 0.3) is 0 Å². The summed E-state index contributed by atoms with van der Waals surface area (Å²) in [6.45, 7) is 4.36. The molecule has 1 heterocycles. The summed E-state index contributed by atoms with van der Waals surface area (Å²) in [5, 5.41) is 0. The van der Waals surface area contributed by atoms with Crippen molar-refractivity contribution in [1.29, 1.82) is 0 Å². The van der Waals surface area contributed by atoms with Crippen LogP contribution in [0.3, 0.4) is 0 Å². The van der Waals surface area contributed by atoms with Crippen molar-refractivity contribution in [2.75, 3.05) is 13.1 Å². The highest BCUT2D eigenvalue weighted by atomic mass is 32.2. The minimum Gasteiger partial charge on any atom is -0.295 e. The number of piperidine rings is 1. The predicted octanol–water partition coefficient (Wildman–Crippen LogP) is 3.36. The van der Waals surface area contributed by atoms with E-state index >= 15 is 0 Å². The second-order valence-corrected chi connectivity index (χ2v) is 9.32. The van der Waals surface area contributed by atoms with Crippen molar-refractivity contribution in [3.05, 3.63) is 65.7 Å². The van der Waals surface area contributed by atoms with Gasteiger partial charge < -0.3 is 0 Å². The Hall–Kier alpha value is -1.69. The molecule has 138 valence electrons. The highest BCUT2D eigenvalue weighted by Crippen LogP contribution is 2.38. The zero-order chi connectivity index (χ0) is 18.1. The fourth-order valence-corrected chi connectivity index (χ4v) is 5.57. The lowest BCUT2D eigenvalue weighted by atomic mass is 9.95. The normalized spacial score (nSPS) is 24.5. The van der Waals surface area contributed by atoms with Gasteiger partial charge in [-0.2, -0.15) is 0 Å². The van der Waals surface area contributed by atoms with Gasteiger partial charge in [0, 0.05) is 6.04 Å². The number of nitrogens with zero attached hydrogens (tertiary/aromatic N) is 1. The molecule has 4 nitrogen and oxygen atoms in total. The van der Waals surface area contributed by atoms with Gasteiger partial charge in [0.2, 0.25) is 10.0 Å². The molecule has 1 aliphatic carbocycles. The highest BCUT2D eigenvalue weighted by molar-refractivity contribution is 7.89. The van der Waals surface area contributed by atoms with Crippen molar-refractivity contribution < 1.29 is 8.42 Å². The summed E-state index contributed by atoms with van der Waals surface area (Å²) >= 11 is 0. The Morgan fingerprint density at radius 1 is 0.962 bits per heavy atom. The summed E-state index contributed by atoms with van der Waals surface area (Å²) in [4.78, 5) is 2.81. The van der Waals surface area contributed by atoms with Crippen LogP contribution in [0.1, 0.15) is 36.9 Å². The molecular formula is C21H26N2O2S. The fraction of sp³-hybridized carbons (Fsp3) is 0.429. The smallest absolute Gasteiger partial charge is 0.240 e. The molecule has 0 aromatic heterocycles. The molecule has 1 fully saturated rings. The highest BCUT2D eigenvalue weighted by Gasteiger charge is 2.39. The number of sulfonamides is 1. The first-order chi connectivity index (χ1) is 12.5. The minimum atomic E-state index is -3.52. The second kappa shape index (κ2) is 7.14. The van der Waals surface area contributed by atoms with Gasteiger partial charge >= 0.3 is 0 Å². The van der Waals surface area contributed by atoms with Crippen LogP contribution in [0.5, 0.6) is 0 Å². The molecule has 1 N–H and O–H groups in total. The van der Waals surface area contributed by atoms with E-state index in [4.69, 9.17) is 0 Å². The van der Waals surface area contributed by atoms with E-state index in [1.54, 1.807) is 24.3 Å². The Labute approximate surface area is 156 Å². The van der Waals surface area contributed by atoms with Gasteiger partial charge in [-0.3, -0.25) is 4.90 Å². The van der Waals surface area contributed by atoms with Crippen molar-refractivity contribution in [3.63, 3.8) is 0 Å². The first kappa shape index (κ1) is 17.7. The molecule has 1 saturated heterocycles. The third kappa shape index (κ3) is 3.43. The monoisotopic (exact) mass is 370 g/mol. The van der Waals surface area contributed by atoms with E-state index in [0.717, 1.165) is 25.4 Å². The first-order valence-corrected chi connectivity index (χ1v) is 10.9. The molecule has 0 unspecified atom stereocenters. The molecule has 0 bridgehead atoms. The van der Waals surface area contributed by atoms with Crippen LogP contribution in [-0.2, 0) is 16.4 Å². The average Bonchev–Trinajstić information content (AvgIpc) is 3.00. The van der Waals surface area contributed by atoms with E-state index in [2.05, 4.69) is 34.7 Å². The summed E-state index contributed by atoms with van der Waals surface area (Å²) in [5.41, 5.74) is 2.54. The van der Waals surface area contributed by atoms with E-state index < -0.39 is 10.0 Å². The number of hydrogen-bond acceptors (Lipinski definition) is 3. The van der Waals surface area contributed by atoms with Crippen molar-refractivity contribution in [2.24, 2.45) is 5.92 Å². The maximum absolute atomic E-state index is 12.9. The molecular weight excluding hydrogens is 344 g/mol. The summed E-state index contributed by atoms with van der Waals surface area (Å²) < 4.78 is 28.8. The van der Waals surface area contributed by atoms with E-state index in [0.29, 0.717) is 4.90 Å². The number of benzene rings is 2. The molecule has 2 atom stereocenters. The number of hydrogen-bond donors (Lipinski definition) is 1. The van der Waals surface area contributed by atoms with Crippen molar-refractivity contribution in [3.8, 4) is 0 Å². The molecule has 2 aliphatic rings. The molecule has 1 aliphatic heterocycles. The molecule has 26 heavy (non-hydrogen) atoms. The molecule has 0 saturated carbocycles. The van der Waals surface area contributed by atoms with Crippen molar-refractivity contribution >= 4 is 10.0 Å². The summed E-state index contributed by atoms with van der Waals surface area (Å²) in [6.07, 6.45) is 3.10. The maximum Gasteiger partial charge on any atom is 0.240 e. The average molecular weight is 371 g/mol.